The summed E-state index contributed by atoms with van der Waals surface area (Å²) >= 11 is 3.43. The average Bonchev–Trinajstić information content (AvgIpc) is 2.40. The van der Waals surface area contributed by atoms with E-state index >= 15 is 0 Å². The molecule has 0 aliphatic carbocycles. The van der Waals surface area contributed by atoms with Crippen molar-refractivity contribution in [3.63, 3.8) is 0 Å². The van der Waals surface area contributed by atoms with Gasteiger partial charge in [0, 0.05) is 10.5 Å². The van der Waals surface area contributed by atoms with E-state index in [4.69, 9.17) is 0 Å². The van der Waals surface area contributed by atoms with Gasteiger partial charge in [0.25, 0.3) is 0 Å². The van der Waals surface area contributed by atoms with Crippen molar-refractivity contribution in [3.8, 4) is 0 Å². The van der Waals surface area contributed by atoms with Gasteiger partial charge in [-0.25, -0.2) is 4.39 Å². The van der Waals surface area contributed by atoms with Crippen molar-refractivity contribution in [2.45, 2.75) is 6.92 Å². The van der Waals surface area contributed by atoms with Crippen molar-refractivity contribution in [3.05, 3.63) is 70.0 Å². The van der Waals surface area contributed by atoms with Crippen LogP contribution in [0.25, 0.3) is 6.08 Å². The molecule has 1 N–H and O–H groups in total. The number of hydrogen-bond donors (Lipinski definition) is 1. The Morgan fingerprint density at radius 2 is 2.00 bits per heavy atom. The number of amides is 1. The highest BCUT2D eigenvalue weighted by molar-refractivity contribution is 9.10. The highest BCUT2D eigenvalue weighted by Crippen LogP contribution is 2.19. The molecule has 2 aromatic rings. The van der Waals surface area contributed by atoms with Gasteiger partial charge in [-0.1, -0.05) is 40.2 Å². The molecule has 0 bridgehead atoms. The molecule has 0 aromatic heterocycles. The van der Waals surface area contributed by atoms with Crippen LogP contribution in [0.2, 0.25) is 0 Å². The number of carbonyl (C=O) groups excluding carboxylic acids is 1. The Morgan fingerprint density at radius 1 is 1.25 bits per heavy atom. The predicted octanol–water partition coefficient (Wildman–Crippen LogP) is 4.55. The predicted molar refractivity (Wildman–Crippen MR) is 82.9 cm³/mol. The normalized spacial score (nSPS) is 10.8. The van der Waals surface area contributed by atoms with E-state index in [1.807, 2.05) is 25.1 Å². The van der Waals surface area contributed by atoms with E-state index in [-0.39, 0.29) is 11.6 Å². The van der Waals surface area contributed by atoms with Crippen LogP contribution in [0.1, 0.15) is 11.1 Å². The van der Waals surface area contributed by atoms with Gasteiger partial charge in [-0.3, -0.25) is 4.79 Å². The van der Waals surface area contributed by atoms with Gasteiger partial charge in [-0.2, -0.15) is 0 Å². The van der Waals surface area contributed by atoms with Crippen LogP contribution in [0.3, 0.4) is 0 Å². The second kappa shape index (κ2) is 6.48. The molecule has 0 atom stereocenters. The topological polar surface area (TPSA) is 29.1 Å². The maximum atomic E-state index is 13.4. The van der Waals surface area contributed by atoms with Crippen LogP contribution >= 0.6 is 15.9 Å². The quantitative estimate of drug-likeness (QED) is 0.820. The lowest BCUT2D eigenvalue weighted by atomic mass is 10.1. The molecule has 20 heavy (non-hydrogen) atoms. The highest BCUT2D eigenvalue weighted by atomic mass is 79.9. The Bertz CT molecular complexity index is 667. The minimum atomic E-state index is -0.453. The number of rotatable bonds is 3. The molecular weight excluding hydrogens is 321 g/mol. The molecule has 1 amide bonds. The van der Waals surface area contributed by atoms with Crippen LogP contribution < -0.4 is 5.32 Å². The molecule has 0 spiro atoms. The first-order valence-electron chi connectivity index (χ1n) is 6.06. The van der Waals surface area contributed by atoms with Crippen LogP contribution in [0.15, 0.2) is 53.0 Å². The van der Waals surface area contributed by atoms with Crippen molar-refractivity contribution in [1.29, 1.82) is 0 Å². The Labute approximate surface area is 125 Å². The van der Waals surface area contributed by atoms with E-state index in [0.717, 1.165) is 15.6 Å². The third-order valence-electron chi connectivity index (χ3n) is 2.70. The van der Waals surface area contributed by atoms with Crippen molar-refractivity contribution in [1.82, 2.24) is 0 Å². The number of para-hydroxylation sites is 1. The monoisotopic (exact) mass is 333 g/mol. The standard InChI is InChI=1S/C16H13BrFNO/c1-11-6-7-12(13(17)10-11)8-9-16(20)19-15-5-3-2-4-14(15)18/h2-10H,1H3,(H,19,20)/b9-8+. The summed E-state index contributed by atoms with van der Waals surface area (Å²) in [4.78, 5) is 11.7. The fraction of sp³-hybridized carbons (Fsp3) is 0.0625. The molecule has 2 aromatic carbocycles. The van der Waals surface area contributed by atoms with Gasteiger partial charge in [0.1, 0.15) is 5.82 Å². The largest absolute Gasteiger partial charge is 0.320 e. The molecule has 0 unspecified atom stereocenters. The molecule has 0 saturated carbocycles. The summed E-state index contributed by atoms with van der Waals surface area (Å²) in [5.74, 6) is -0.826. The van der Waals surface area contributed by atoms with Crippen molar-refractivity contribution < 1.29 is 9.18 Å². The molecule has 2 nitrogen and oxygen atoms in total. The number of anilines is 1. The van der Waals surface area contributed by atoms with Crippen LogP contribution in [0, 0.1) is 12.7 Å². The van der Waals surface area contributed by atoms with Gasteiger partial charge in [0.15, 0.2) is 0 Å². The van der Waals surface area contributed by atoms with Crippen LogP contribution in [-0.2, 0) is 4.79 Å². The van der Waals surface area contributed by atoms with Crippen LogP contribution in [0.5, 0.6) is 0 Å². The Hall–Kier alpha value is -1.94. The summed E-state index contributed by atoms with van der Waals surface area (Å²) in [5.41, 5.74) is 2.19. The number of aryl methyl sites for hydroxylation is 1. The maximum absolute atomic E-state index is 13.4. The van der Waals surface area contributed by atoms with Crippen molar-refractivity contribution >= 4 is 33.6 Å². The lowest BCUT2D eigenvalue weighted by Gasteiger charge is -2.03. The molecule has 0 fully saturated rings. The van der Waals surface area contributed by atoms with E-state index in [1.165, 1.54) is 18.2 Å². The summed E-state index contributed by atoms with van der Waals surface area (Å²) in [6.45, 7) is 1.99. The molecule has 0 radical (unpaired) electrons. The second-order valence-electron chi connectivity index (χ2n) is 4.33. The summed E-state index contributed by atoms with van der Waals surface area (Å²) in [6, 6.07) is 11.9. The van der Waals surface area contributed by atoms with Gasteiger partial charge in [0.05, 0.1) is 5.69 Å². The number of halogens is 2. The smallest absolute Gasteiger partial charge is 0.248 e. The Morgan fingerprint density at radius 3 is 2.70 bits per heavy atom. The molecule has 0 aliphatic heterocycles. The van der Waals surface area contributed by atoms with Gasteiger partial charge in [-0.05, 0) is 42.3 Å². The fourth-order valence-corrected chi connectivity index (χ4v) is 2.30. The summed E-state index contributed by atoms with van der Waals surface area (Å²) < 4.78 is 14.3. The van der Waals surface area contributed by atoms with Crippen LogP contribution in [-0.4, -0.2) is 5.91 Å². The van der Waals surface area contributed by atoms with Crippen LogP contribution in [0.4, 0.5) is 10.1 Å². The Balaban J connectivity index is 2.08. The van der Waals surface area contributed by atoms with E-state index in [1.54, 1.807) is 18.2 Å². The second-order valence-corrected chi connectivity index (χ2v) is 5.18. The molecular formula is C16H13BrFNO. The number of hydrogen-bond acceptors (Lipinski definition) is 1. The van der Waals surface area contributed by atoms with E-state index in [0.29, 0.717) is 0 Å². The third-order valence-corrected chi connectivity index (χ3v) is 3.39. The third kappa shape index (κ3) is 3.78. The molecule has 102 valence electrons. The lowest BCUT2D eigenvalue weighted by Crippen LogP contribution is -2.09. The highest BCUT2D eigenvalue weighted by Gasteiger charge is 2.03. The zero-order valence-corrected chi connectivity index (χ0v) is 12.4. The summed E-state index contributed by atoms with van der Waals surface area (Å²) in [6.07, 6.45) is 3.06. The SMILES string of the molecule is Cc1ccc(/C=C/C(=O)Nc2ccccc2F)c(Br)c1. The number of benzene rings is 2. The minimum Gasteiger partial charge on any atom is -0.320 e. The summed E-state index contributed by atoms with van der Waals surface area (Å²) in [5, 5.41) is 2.50. The first-order chi connectivity index (χ1) is 9.56. The van der Waals surface area contributed by atoms with Gasteiger partial charge in [-0.15, -0.1) is 0 Å². The van der Waals surface area contributed by atoms with Crippen molar-refractivity contribution in [2.24, 2.45) is 0 Å². The average molecular weight is 334 g/mol. The fourth-order valence-electron chi connectivity index (χ4n) is 1.67. The Kier molecular flexibility index (Phi) is 4.69. The van der Waals surface area contributed by atoms with Gasteiger partial charge >= 0.3 is 0 Å². The summed E-state index contributed by atoms with van der Waals surface area (Å²) in [7, 11) is 0. The van der Waals surface area contributed by atoms with E-state index in [9.17, 15) is 9.18 Å². The first kappa shape index (κ1) is 14.5. The maximum Gasteiger partial charge on any atom is 0.248 e. The zero-order valence-electron chi connectivity index (χ0n) is 10.9. The molecule has 0 aliphatic rings. The van der Waals surface area contributed by atoms with Gasteiger partial charge < -0.3 is 5.32 Å². The molecule has 2 rings (SSSR count). The lowest BCUT2D eigenvalue weighted by molar-refractivity contribution is -0.111. The van der Waals surface area contributed by atoms with Gasteiger partial charge in [0.2, 0.25) is 5.91 Å². The van der Waals surface area contributed by atoms with Crippen molar-refractivity contribution in [2.75, 3.05) is 5.32 Å². The number of nitrogens with one attached hydrogen (secondary N) is 1. The van der Waals surface area contributed by atoms with E-state index in [2.05, 4.69) is 21.2 Å². The zero-order chi connectivity index (χ0) is 14.5. The molecule has 4 heteroatoms. The van der Waals surface area contributed by atoms with E-state index < -0.39 is 5.82 Å². The minimum absolute atomic E-state index is 0.171. The first-order valence-corrected chi connectivity index (χ1v) is 6.85. The number of carbonyl (C=O) groups is 1. The molecule has 0 heterocycles. The molecule has 0 saturated heterocycles.